The Morgan fingerprint density at radius 2 is 1.79 bits per heavy atom. The number of carbonyl (C=O) groups excluding carboxylic acids is 1. The summed E-state index contributed by atoms with van der Waals surface area (Å²) in [5.74, 6) is 1.08. The van der Waals surface area contributed by atoms with Crippen LogP contribution in [0.3, 0.4) is 0 Å². The second-order valence-corrected chi connectivity index (χ2v) is 5.72. The molecule has 1 heterocycles. The summed E-state index contributed by atoms with van der Waals surface area (Å²) in [6.07, 6.45) is 0.546. The van der Waals surface area contributed by atoms with Crippen molar-refractivity contribution >= 4 is 5.91 Å². The van der Waals surface area contributed by atoms with Gasteiger partial charge in [-0.05, 0) is 31.2 Å². The van der Waals surface area contributed by atoms with Crippen molar-refractivity contribution in [2.45, 2.75) is 13.3 Å². The predicted octanol–water partition coefficient (Wildman–Crippen LogP) is 3.36. The number of hydrogen-bond acceptors (Lipinski definition) is 4. The van der Waals surface area contributed by atoms with Gasteiger partial charge in [0.05, 0.1) is 0 Å². The van der Waals surface area contributed by atoms with Crippen LogP contribution in [-0.4, -0.2) is 34.5 Å². The van der Waals surface area contributed by atoms with Crippen LogP contribution in [-0.2, 0) is 6.42 Å². The first kappa shape index (κ1) is 15.9. The first-order valence-corrected chi connectivity index (χ1v) is 7.83. The third kappa shape index (κ3) is 3.68. The molecule has 2 aromatic carbocycles. The maximum Gasteiger partial charge on any atom is 0.257 e. The Labute approximate surface area is 140 Å². The molecule has 0 unspecified atom stereocenters. The summed E-state index contributed by atoms with van der Waals surface area (Å²) in [6, 6.07) is 17.1. The lowest BCUT2D eigenvalue weighted by Crippen LogP contribution is -2.29. The molecule has 0 fully saturated rings. The Morgan fingerprint density at radius 1 is 1.08 bits per heavy atom. The van der Waals surface area contributed by atoms with Gasteiger partial charge in [0, 0.05) is 31.1 Å². The lowest BCUT2D eigenvalue weighted by Gasteiger charge is -2.15. The Morgan fingerprint density at radius 3 is 2.50 bits per heavy atom. The Hall–Kier alpha value is -2.95. The summed E-state index contributed by atoms with van der Waals surface area (Å²) < 4.78 is 5.30. The quantitative estimate of drug-likeness (QED) is 0.723. The van der Waals surface area contributed by atoms with Gasteiger partial charge in [0.25, 0.3) is 11.8 Å². The molecular weight excluding hydrogens is 302 g/mol. The standard InChI is InChI=1S/C19H19N3O2/c1-14-8-10-15(11-9-14)18-20-17(21-24-18)12-13-22(2)19(23)16-6-4-3-5-7-16/h3-11H,12-13H2,1-2H3. The van der Waals surface area contributed by atoms with Gasteiger partial charge in [-0.3, -0.25) is 4.79 Å². The number of aromatic nitrogens is 2. The Balaban J connectivity index is 1.61. The molecule has 0 N–H and O–H groups in total. The molecule has 122 valence electrons. The van der Waals surface area contributed by atoms with Crippen molar-refractivity contribution < 1.29 is 9.32 Å². The molecule has 0 aliphatic carbocycles. The highest BCUT2D eigenvalue weighted by molar-refractivity contribution is 5.93. The minimum atomic E-state index is -0.0159. The largest absolute Gasteiger partial charge is 0.341 e. The van der Waals surface area contributed by atoms with Crippen LogP contribution in [0.15, 0.2) is 59.1 Å². The minimum absolute atomic E-state index is 0.0159. The van der Waals surface area contributed by atoms with Crippen LogP contribution in [0, 0.1) is 6.92 Å². The van der Waals surface area contributed by atoms with E-state index in [1.807, 2.05) is 61.5 Å². The molecule has 5 heteroatoms. The van der Waals surface area contributed by atoms with Crippen molar-refractivity contribution in [1.82, 2.24) is 15.0 Å². The molecule has 1 aromatic heterocycles. The summed E-state index contributed by atoms with van der Waals surface area (Å²) in [7, 11) is 1.77. The summed E-state index contributed by atoms with van der Waals surface area (Å²) >= 11 is 0. The summed E-state index contributed by atoms with van der Waals surface area (Å²) in [5, 5.41) is 3.99. The first-order valence-electron chi connectivity index (χ1n) is 7.83. The number of aryl methyl sites for hydroxylation is 1. The van der Waals surface area contributed by atoms with Crippen LogP contribution in [0.2, 0.25) is 0 Å². The van der Waals surface area contributed by atoms with Gasteiger partial charge in [0.2, 0.25) is 0 Å². The molecule has 0 saturated carbocycles. The van der Waals surface area contributed by atoms with Crippen molar-refractivity contribution in [1.29, 1.82) is 0 Å². The van der Waals surface area contributed by atoms with Gasteiger partial charge >= 0.3 is 0 Å². The summed E-state index contributed by atoms with van der Waals surface area (Å²) in [4.78, 5) is 18.3. The SMILES string of the molecule is Cc1ccc(-c2nc(CCN(C)C(=O)c3ccccc3)no2)cc1. The van der Waals surface area contributed by atoms with Crippen molar-refractivity contribution in [3.8, 4) is 11.5 Å². The third-order valence-electron chi connectivity index (χ3n) is 3.80. The molecule has 0 atom stereocenters. The van der Waals surface area contributed by atoms with Crippen LogP contribution in [0.4, 0.5) is 0 Å². The van der Waals surface area contributed by atoms with Crippen LogP contribution in [0.5, 0.6) is 0 Å². The van der Waals surface area contributed by atoms with E-state index in [2.05, 4.69) is 10.1 Å². The van der Waals surface area contributed by atoms with E-state index in [4.69, 9.17) is 4.52 Å². The van der Waals surface area contributed by atoms with Gasteiger partial charge in [-0.2, -0.15) is 4.98 Å². The highest BCUT2D eigenvalue weighted by atomic mass is 16.5. The van der Waals surface area contributed by atoms with Crippen molar-refractivity contribution in [3.05, 3.63) is 71.5 Å². The van der Waals surface area contributed by atoms with E-state index in [1.54, 1.807) is 11.9 Å². The Bertz CT molecular complexity index is 810. The summed E-state index contributed by atoms with van der Waals surface area (Å²) in [5.41, 5.74) is 2.75. The van der Waals surface area contributed by atoms with E-state index in [1.165, 1.54) is 5.56 Å². The molecule has 0 aliphatic heterocycles. The highest BCUT2D eigenvalue weighted by Crippen LogP contribution is 2.17. The number of amides is 1. The van der Waals surface area contributed by atoms with Crippen LogP contribution in [0.25, 0.3) is 11.5 Å². The number of benzene rings is 2. The molecule has 1 amide bonds. The van der Waals surface area contributed by atoms with Crippen molar-refractivity contribution in [2.24, 2.45) is 0 Å². The zero-order valence-electron chi connectivity index (χ0n) is 13.8. The molecule has 0 spiro atoms. The lowest BCUT2D eigenvalue weighted by atomic mass is 10.1. The van der Waals surface area contributed by atoms with Crippen molar-refractivity contribution in [3.63, 3.8) is 0 Å². The fourth-order valence-electron chi connectivity index (χ4n) is 2.34. The zero-order valence-corrected chi connectivity index (χ0v) is 13.8. The smallest absolute Gasteiger partial charge is 0.257 e. The monoisotopic (exact) mass is 321 g/mol. The minimum Gasteiger partial charge on any atom is -0.341 e. The number of rotatable bonds is 5. The van der Waals surface area contributed by atoms with Crippen LogP contribution < -0.4 is 0 Å². The van der Waals surface area contributed by atoms with E-state index in [0.717, 1.165) is 5.56 Å². The van der Waals surface area contributed by atoms with E-state index >= 15 is 0 Å². The average molecular weight is 321 g/mol. The van der Waals surface area contributed by atoms with Gasteiger partial charge in [-0.25, -0.2) is 0 Å². The van der Waals surface area contributed by atoms with Gasteiger partial charge < -0.3 is 9.42 Å². The molecule has 3 rings (SSSR count). The van der Waals surface area contributed by atoms with Gasteiger partial charge in [-0.15, -0.1) is 0 Å². The van der Waals surface area contributed by atoms with E-state index in [-0.39, 0.29) is 5.91 Å². The average Bonchev–Trinajstić information content (AvgIpc) is 3.09. The molecule has 24 heavy (non-hydrogen) atoms. The van der Waals surface area contributed by atoms with Gasteiger partial charge in [0.15, 0.2) is 5.82 Å². The second-order valence-electron chi connectivity index (χ2n) is 5.72. The highest BCUT2D eigenvalue weighted by Gasteiger charge is 2.13. The number of hydrogen-bond donors (Lipinski definition) is 0. The number of likely N-dealkylation sites (N-methyl/N-ethyl adjacent to an activating group) is 1. The predicted molar refractivity (Wildman–Crippen MR) is 91.6 cm³/mol. The normalized spacial score (nSPS) is 10.6. The molecular formula is C19H19N3O2. The maximum absolute atomic E-state index is 12.3. The van der Waals surface area contributed by atoms with E-state index in [0.29, 0.717) is 30.2 Å². The molecule has 0 radical (unpaired) electrons. The number of carbonyl (C=O) groups is 1. The van der Waals surface area contributed by atoms with Crippen molar-refractivity contribution in [2.75, 3.05) is 13.6 Å². The maximum atomic E-state index is 12.3. The third-order valence-corrected chi connectivity index (χ3v) is 3.80. The zero-order chi connectivity index (χ0) is 16.9. The molecule has 5 nitrogen and oxygen atoms in total. The fourth-order valence-corrected chi connectivity index (χ4v) is 2.34. The van der Waals surface area contributed by atoms with Crippen LogP contribution in [0.1, 0.15) is 21.7 Å². The van der Waals surface area contributed by atoms with Gasteiger partial charge in [-0.1, -0.05) is 41.1 Å². The molecule has 0 aliphatic rings. The summed E-state index contributed by atoms with van der Waals surface area (Å²) in [6.45, 7) is 2.56. The van der Waals surface area contributed by atoms with Crippen LogP contribution >= 0.6 is 0 Å². The molecule has 3 aromatic rings. The number of nitrogens with zero attached hydrogens (tertiary/aromatic N) is 3. The van der Waals surface area contributed by atoms with Gasteiger partial charge in [0.1, 0.15) is 0 Å². The molecule has 0 bridgehead atoms. The Kier molecular flexibility index (Phi) is 4.70. The van der Waals surface area contributed by atoms with E-state index < -0.39 is 0 Å². The van der Waals surface area contributed by atoms with E-state index in [9.17, 15) is 4.79 Å². The fraction of sp³-hybridized carbons (Fsp3) is 0.211. The topological polar surface area (TPSA) is 59.2 Å². The second kappa shape index (κ2) is 7.08. The lowest BCUT2D eigenvalue weighted by molar-refractivity contribution is 0.0796. The molecule has 0 saturated heterocycles. The first-order chi connectivity index (χ1) is 11.6.